The van der Waals surface area contributed by atoms with Crippen molar-refractivity contribution in [2.75, 3.05) is 6.54 Å². The van der Waals surface area contributed by atoms with Crippen LogP contribution in [0.25, 0.3) is 0 Å². The number of hydrogen-bond acceptors (Lipinski definition) is 3. The molecule has 0 fully saturated rings. The first-order valence-corrected chi connectivity index (χ1v) is 7.89. The molecule has 0 aliphatic heterocycles. The second kappa shape index (κ2) is 10.2. The lowest BCUT2D eigenvalue weighted by atomic mass is 9.87. The van der Waals surface area contributed by atoms with Gasteiger partial charge in [0, 0.05) is 18.1 Å². The fourth-order valence-electron chi connectivity index (χ4n) is 2.27. The Kier molecular flexibility index (Phi) is 10.9. The third kappa shape index (κ3) is 8.34. The number of carbonyl (C=O) groups is 1. The van der Waals surface area contributed by atoms with Gasteiger partial charge in [0.05, 0.1) is 6.04 Å². The molecule has 0 heterocycles. The minimum absolute atomic E-state index is 0. The fourth-order valence-corrected chi connectivity index (χ4v) is 2.27. The number of rotatable bonds is 6. The third-order valence-corrected chi connectivity index (χ3v) is 3.83. The van der Waals surface area contributed by atoms with E-state index < -0.39 is 6.04 Å². The van der Waals surface area contributed by atoms with E-state index in [1.165, 1.54) is 5.56 Å². The van der Waals surface area contributed by atoms with Crippen LogP contribution in [0.4, 0.5) is 0 Å². The second-order valence-electron chi connectivity index (χ2n) is 7.72. The zero-order valence-corrected chi connectivity index (χ0v) is 17.2. The molecular weight excluding hydrogens is 345 g/mol. The molecule has 0 aliphatic rings. The molecule has 0 aliphatic carbocycles. The molecule has 0 radical (unpaired) electrons. The Morgan fingerprint density at radius 3 is 2.04 bits per heavy atom. The molecule has 1 aromatic carbocycles. The van der Waals surface area contributed by atoms with Crippen molar-refractivity contribution in [2.24, 2.45) is 11.1 Å². The van der Waals surface area contributed by atoms with Crippen molar-refractivity contribution in [3.63, 3.8) is 0 Å². The average molecular weight is 378 g/mol. The third-order valence-electron chi connectivity index (χ3n) is 3.83. The van der Waals surface area contributed by atoms with Gasteiger partial charge in [0.25, 0.3) is 0 Å². The molecule has 1 rings (SSSR count). The summed E-state index contributed by atoms with van der Waals surface area (Å²) in [5.74, 6) is -0.102. The van der Waals surface area contributed by atoms with E-state index in [4.69, 9.17) is 5.73 Å². The first kappa shape index (κ1) is 25.4. The van der Waals surface area contributed by atoms with E-state index in [9.17, 15) is 4.79 Å². The van der Waals surface area contributed by atoms with E-state index in [2.05, 4.69) is 43.5 Å². The molecule has 0 spiro atoms. The zero-order valence-electron chi connectivity index (χ0n) is 15.6. The van der Waals surface area contributed by atoms with Gasteiger partial charge in [0.1, 0.15) is 0 Å². The summed E-state index contributed by atoms with van der Waals surface area (Å²) in [6.07, 6.45) is 0. The number of hydrogen-bond donors (Lipinski definition) is 3. The Morgan fingerprint density at radius 2 is 1.58 bits per heavy atom. The van der Waals surface area contributed by atoms with Crippen molar-refractivity contribution in [3.05, 3.63) is 35.9 Å². The van der Waals surface area contributed by atoms with Crippen molar-refractivity contribution >= 4 is 30.7 Å². The van der Waals surface area contributed by atoms with Gasteiger partial charge in [0.2, 0.25) is 5.91 Å². The van der Waals surface area contributed by atoms with Gasteiger partial charge in [0.15, 0.2) is 0 Å². The van der Waals surface area contributed by atoms with Gasteiger partial charge in [-0.2, -0.15) is 0 Å². The lowest BCUT2D eigenvalue weighted by Gasteiger charge is -2.32. The van der Waals surface area contributed by atoms with Crippen LogP contribution in [0.2, 0.25) is 0 Å². The molecule has 6 heteroatoms. The van der Waals surface area contributed by atoms with Crippen molar-refractivity contribution in [1.29, 1.82) is 0 Å². The van der Waals surface area contributed by atoms with E-state index in [-0.39, 0.29) is 47.7 Å². The Labute approximate surface area is 159 Å². The molecule has 1 amide bonds. The lowest BCUT2D eigenvalue weighted by Crippen LogP contribution is -2.55. The molecule has 0 aromatic heterocycles. The summed E-state index contributed by atoms with van der Waals surface area (Å²) in [6, 6.07) is 9.98. The highest BCUT2D eigenvalue weighted by Gasteiger charge is 2.29. The highest BCUT2D eigenvalue weighted by Crippen LogP contribution is 2.18. The maximum Gasteiger partial charge on any atom is 0.237 e. The monoisotopic (exact) mass is 377 g/mol. The second-order valence-corrected chi connectivity index (χ2v) is 7.72. The smallest absolute Gasteiger partial charge is 0.237 e. The first-order valence-electron chi connectivity index (χ1n) is 7.89. The molecule has 24 heavy (non-hydrogen) atoms. The van der Waals surface area contributed by atoms with Crippen LogP contribution in [0, 0.1) is 5.41 Å². The standard InChI is InChI=1S/C18H31N3O.2ClH/c1-13(14-10-8-7-9-11-14)21-18(5,6)12-20-16(22)15(19)17(2,3)4;;/h7-11,13,15,21H,12,19H2,1-6H3,(H,20,22);2*1H/t13?,15-;;/m1../s1. The van der Waals surface area contributed by atoms with Crippen molar-refractivity contribution in [3.8, 4) is 0 Å². The predicted molar refractivity (Wildman–Crippen MR) is 107 cm³/mol. The topological polar surface area (TPSA) is 67.1 Å². The molecule has 1 unspecified atom stereocenters. The molecule has 0 saturated heterocycles. The van der Waals surface area contributed by atoms with Gasteiger partial charge in [-0.1, -0.05) is 51.1 Å². The fraction of sp³-hybridized carbons (Fsp3) is 0.611. The summed E-state index contributed by atoms with van der Waals surface area (Å²) in [5, 5.41) is 6.51. The molecular formula is C18H33Cl2N3O. The molecule has 4 nitrogen and oxygen atoms in total. The van der Waals surface area contributed by atoms with Gasteiger partial charge in [-0.25, -0.2) is 0 Å². The van der Waals surface area contributed by atoms with Gasteiger partial charge in [-0.15, -0.1) is 24.8 Å². The van der Waals surface area contributed by atoms with Crippen LogP contribution in [-0.4, -0.2) is 24.0 Å². The van der Waals surface area contributed by atoms with Crippen LogP contribution in [-0.2, 0) is 4.79 Å². The van der Waals surface area contributed by atoms with Gasteiger partial charge in [-0.05, 0) is 31.7 Å². The van der Waals surface area contributed by atoms with E-state index in [1.54, 1.807) is 0 Å². The molecule has 0 saturated carbocycles. The highest BCUT2D eigenvalue weighted by atomic mass is 35.5. The summed E-state index contributed by atoms with van der Waals surface area (Å²) in [4.78, 5) is 12.1. The van der Waals surface area contributed by atoms with Gasteiger partial charge >= 0.3 is 0 Å². The molecule has 0 bridgehead atoms. The lowest BCUT2D eigenvalue weighted by molar-refractivity contribution is -0.124. The molecule has 2 atom stereocenters. The Balaban J connectivity index is 0. The summed E-state index contributed by atoms with van der Waals surface area (Å²) >= 11 is 0. The maximum atomic E-state index is 12.1. The number of nitrogens with one attached hydrogen (secondary N) is 2. The number of amides is 1. The normalized spacial score (nSPS) is 14.0. The van der Waals surface area contributed by atoms with Crippen LogP contribution in [0.1, 0.15) is 53.1 Å². The van der Waals surface area contributed by atoms with Crippen LogP contribution in [0.15, 0.2) is 30.3 Å². The zero-order chi connectivity index (χ0) is 17.0. The van der Waals surface area contributed by atoms with Crippen LogP contribution in [0.5, 0.6) is 0 Å². The van der Waals surface area contributed by atoms with E-state index >= 15 is 0 Å². The minimum Gasteiger partial charge on any atom is -0.353 e. The SMILES string of the molecule is CC(NC(C)(C)CNC(=O)[C@@H](N)C(C)(C)C)c1ccccc1.Cl.Cl. The quantitative estimate of drug-likeness (QED) is 0.710. The highest BCUT2D eigenvalue weighted by molar-refractivity contribution is 5.85. The minimum atomic E-state index is -0.505. The van der Waals surface area contributed by atoms with Crippen molar-refractivity contribution < 1.29 is 4.79 Å². The Bertz CT molecular complexity index is 487. The largest absolute Gasteiger partial charge is 0.353 e. The van der Waals surface area contributed by atoms with Gasteiger partial charge < -0.3 is 16.4 Å². The summed E-state index contributed by atoms with van der Waals surface area (Å²) in [6.45, 7) is 12.7. The van der Waals surface area contributed by atoms with Gasteiger partial charge in [-0.3, -0.25) is 4.79 Å². The molecule has 140 valence electrons. The number of benzene rings is 1. The van der Waals surface area contributed by atoms with Crippen LogP contribution < -0.4 is 16.4 Å². The number of halogens is 2. The summed E-state index contributed by atoms with van der Waals surface area (Å²) in [5.41, 5.74) is 6.76. The predicted octanol–water partition coefficient (Wildman–Crippen LogP) is 3.45. The van der Waals surface area contributed by atoms with E-state index in [1.807, 2.05) is 39.0 Å². The maximum absolute atomic E-state index is 12.1. The van der Waals surface area contributed by atoms with Crippen LogP contribution in [0.3, 0.4) is 0 Å². The summed E-state index contributed by atoms with van der Waals surface area (Å²) in [7, 11) is 0. The molecule has 1 aromatic rings. The Morgan fingerprint density at radius 1 is 1.08 bits per heavy atom. The first-order chi connectivity index (χ1) is 10.0. The van der Waals surface area contributed by atoms with E-state index in [0.29, 0.717) is 6.54 Å². The van der Waals surface area contributed by atoms with E-state index in [0.717, 1.165) is 0 Å². The molecule has 4 N–H and O–H groups in total. The van der Waals surface area contributed by atoms with Crippen molar-refractivity contribution in [1.82, 2.24) is 10.6 Å². The Hall–Kier alpha value is -0.810. The average Bonchev–Trinajstić information content (AvgIpc) is 2.43. The number of nitrogens with two attached hydrogens (primary N) is 1. The van der Waals surface area contributed by atoms with Crippen molar-refractivity contribution in [2.45, 2.75) is 59.2 Å². The van der Waals surface area contributed by atoms with Crippen LogP contribution >= 0.6 is 24.8 Å². The number of carbonyl (C=O) groups excluding carboxylic acids is 1. The summed E-state index contributed by atoms with van der Waals surface area (Å²) < 4.78 is 0.